The summed E-state index contributed by atoms with van der Waals surface area (Å²) in [5.41, 5.74) is -0.752. The van der Waals surface area contributed by atoms with Crippen molar-refractivity contribution in [3.8, 4) is 0 Å². The van der Waals surface area contributed by atoms with Crippen LogP contribution in [0, 0.1) is 11.6 Å². The lowest BCUT2D eigenvalue weighted by molar-refractivity contribution is -0.135. The average Bonchev–Trinajstić information content (AvgIpc) is 2.40. The number of ether oxygens (including phenoxy) is 2. The van der Waals surface area contributed by atoms with Crippen LogP contribution in [0.2, 0.25) is 0 Å². The van der Waals surface area contributed by atoms with Crippen LogP contribution in [0.5, 0.6) is 0 Å². The summed E-state index contributed by atoms with van der Waals surface area (Å²) in [4.78, 5) is -0.665. The molecule has 2 rings (SSSR count). The first-order chi connectivity index (χ1) is 10.2. The topological polar surface area (TPSA) is 55.8 Å². The maximum absolute atomic E-state index is 13.8. The molecule has 124 valence electrons. The number of hydrogen-bond acceptors (Lipinski definition) is 4. The number of morpholine rings is 1. The summed E-state index contributed by atoms with van der Waals surface area (Å²) in [5.74, 6) is -1.78. The Kier molecular flexibility index (Phi) is 4.86. The van der Waals surface area contributed by atoms with E-state index < -0.39 is 38.3 Å². The number of methoxy groups -OCH3 is 1. The lowest BCUT2D eigenvalue weighted by atomic mass is 10.1. The SMILES string of the molecule is COC[C@@H]1CN(S(=O)(=O)c2cc(F)ccc2F)CC(C)(C)O1. The van der Waals surface area contributed by atoms with Crippen LogP contribution in [0.15, 0.2) is 23.1 Å². The van der Waals surface area contributed by atoms with Crippen LogP contribution in [-0.2, 0) is 19.5 Å². The number of sulfonamides is 1. The Hall–Kier alpha value is -1.09. The van der Waals surface area contributed by atoms with Gasteiger partial charge in [-0.05, 0) is 32.0 Å². The van der Waals surface area contributed by atoms with Gasteiger partial charge in [0.15, 0.2) is 0 Å². The molecule has 1 fully saturated rings. The number of nitrogens with zero attached hydrogens (tertiary/aromatic N) is 1. The molecule has 1 heterocycles. The van der Waals surface area contributed by atoms with E-state index in [1.165, 1.54) is 7.11 Å². The molecule has 0 spiro atoms. The first-order valence-corrected chi connectivity index (χ1v) is 8.22. The minimum Gasteiger partial charge on any atom is -0.382 e. The number of hydrogen-bond donors (Lipinski definition) is 0. The summed E-state index contributed by atoms with van der Waals surface area (Å²) in [6, 6.07) is 2.38. The molecule has 1 aliphatic heterocycles. The molecule has 8 heteroatoms. The molecule has 1 saturated heterocycles. The van der Waals surface area contributed by atoms with Crippen molar-refractivity contribution in [3.05, 3.63) is 29.8 Å². The minimum absolute atomic E-state index is 0.0234. The normalized spacial score (nSPS) is 22.7. The van der Waals surface area contributed by atoms with Gasteiger partial charge in [0.25, 0.3) is 0 Å². The number of rotatable bonds is 4. The van der Waals surface area contributed by atoms with Crippen molar-refractivity contribution in [3.63, 3.8) is 0 Å². The van der Waals surface area contributed by atoms with Crippen LogP contribution in [-0.4, -0.2) is 51.2 Å². The van der Waals surface area contributed by atoms with Crippen molar-refractivity contribution in [2.24, 2.45) is 0 Å². The molecule has 5 nitrogen and oxygen atoms in total. The van der Waals surface area contributed by atoms with Crippen LogP contribution in [0.25, 0.3) is 0 Å². The Labute approximate surface area is 128 Å². The van der Waals surface area contributed by atoms with E-state index >= 15 is 0 Å². The highest BCUT2D eigenvalue weighted by Crippen LogP contribution is 2.28. The smallest absolute Gasteiger partial charge is 0.246 e. The largest absolute Gasteiger partial charge is 0.382 e. The zero-order valence-corrected chi connectivity index (χ0v) is 13.5. The van der Waals surface area contributed by atoms with Gasteiger partial charge in [0, 0.05) is 20.2 Å². The second kappa shape index (κ2) is 6.19. The first kappa shape index (κ1) is 17.3. The highest BCUT2D eigenvalue weighted by atomic mass is 32.2. The van der Waals surface area contributed by atoms with E-state index in [0.717, 1.165) is 16.4 Å². The molecule has 1 aliphatic rings. The van der Waals surface area contributed by atoms with E-state index in [2.05, 4.69) is 0 Å². The summed E-state index contributed by atoms with van der Waals surface area (Å²) in [6.45, 7) is 3.75. The molecule has 0 radical (unpaired) electrons. The molecule has 0 bridgehead atoms. The van der Waals surface area contributed by atoms with Crippen LogP contribution in [0.1, 0.15) is 13.8 Å². The lowest BCUT2D eigenvalue weighted by Crippen LogP contribution is -2.55. The highest BCUT2D eigenvalue weighted by Gasteiger charge is 2.40. The molecule has 0 N–H and O–H groups in total. The van der Waals surface area contributed by atoms with Gasteiger partial charge in [-0.2, -0.15) is 4.31 Å². The molecule has 1 aromatic carbocycles. The van der Waals surface area contributed by atoms with Crippen LogP contribution >= 0.6 is 0 Å². The quantitative estimate of drug-likeness (QED) is 0.842. The molecule has 0 amide bonds. The van der Waals surface area contributed by atoms with Crippen LogP contribution in [0.4, 0.5) is 8.78 Å². The Balaban J connectivity index is 2.37. The second-order valence-electron chi connectivity index (χ2n) is 5.83. The van der Waals surface area contributed by atoms with Gasteiger partial charge < -0.3 is 9.47 Å². The fourth-order valence-corrected chi connectivity index (χ4v) is 4.21. The standard InChI is InChI=1S/C14H19F2NO4S/c1-14(2)9-17(7-11(21-14)8-20-3)22(18,19)13-6-10(15)4-5-12(13)16/h4-6,11H,7-9H2,1-3H3/t11-/m0/s1. The zero-order chi connectivity index (χ0) is 16.5. The average molecular weight is 335 g/mol. The van der Waals surface area contributed by atoms with Crippen molar-refractivity contribution in [2.75, 3.05) is 26.8 Å². The molecular formula is C14H19F2NO4S. The molecule has 0 unspecified atom stereocenters. The lowest BCUT2D eigenvalue weighted by Gasteiger charge is -2.41. The maximum atomic E-state index is 13.8. The highest BCUT2D eigenvalue weighted by molar-refractivity contribution is 7.89. The Bertz CT molecular complexity index is 648. The third-order valence-electron chi connectivity index (χ3n) is 3.31. The summed E-state index contributed by atoms with van der Waals surface area (Å²) in [6.07, 6.45) is -0.472. The van der Waals surface area contributed by atoms with Crippen molar-refractivity contribution >= 4 is 10.0 Å². The summed E-state index contributed by atoms with van der Waals surface area (Å²) in [7, 11) is -2.67. The number of halogens is 2. The summed E-state index contributed by atoms with van der Waals surface area (Å²) < 4.78 is 64.2. The first-order valence-electron chi connectivity index (χ1n) is 6.78. The monoisotopic (exact) mass is 335 g/mol. The fraction of sp³-hybridized carbons (Fsp3) is 0.571. The predicted molar refractivity (Wildman–Crippen MR) is 75.9 cm³/mol. The van der Waals surface area contributed by atoms with Gasteiger partial charge in [0.2, 0.25) is 10.0 Å². The van der Waals surface area contributed by atoms with E-state index in [9.17, 15) is 17.2 Å². The van der Waals surface area contributed by atoms with Crippen molar-refractivity contribution in [1.82, 2.24) is 4.31 Å². The van der Waals surface area contributed by atoms with Gasteiger partial charge in [0.05, 0.1) is 18.3 Å². The summed E-state index contributed by atoms with van der Waals surface area (Å²) in [5, 5.41) is 0. The van der Waals surface area contributed by atoms with E-state index in [1.54, 1.807) is 13.8 Å². The van der Waals surface area contributed by atoms with Crippen LogP contribution < -0.4 is 0 Å². The van der Waals surface area contributed by atoms with Gasteiger partial charge in [-0.3, -0.25) is 0 Å². The van der Waals surface area contributed by atoms with Gasteiger partial charge >= 0.3 is 0 Å². The third kappa shape index (κ3) is 3.62. The fourth-order valence-electron chi connectivity index (χ4n) is 2.51. The van der Waals surface area contributed by atoms with E-state index in [0.29, 0.717) is 6.07 Å². The Morgan fingerprint density at radius 3 is 2.73 bits per heavy atom. The molecular weight excluding hydrogens is 316 g/mol. The third-order valence-corrected chi connectivity index (χ3v) is 5.14. The minimum atomic E-state index is -4.15. The molecule has 1 atom stereocenters. The Morgan fingerprint density at radius 1 is 1.41 bits per heavy atom. The predicted octanol–water partition coefficient (Wildman–Crippen LogP) is 1.78. The Morgan fingerprint density at radius 2 is 2.09 bits per heavy atom. The van der Waals surface area contributed by atoms with Crippen molar-refractivity contribution in [1.29, 1.82) is 0 Å². The van der Waals surface area contributed by atoms with E-state index in [-0.39, 0.29) is 19.7 Å². The molecule has 0 saturated carbocycles. The summed E-state index contributed by atoms with van der Waals surface area (Å²) >= 11 is 0. The molecule has 1 aromatic rings. The van der Waals surface area contributed by atoms with Gasteiger partial charge in [-0.15, -0.1) is 0 Å². The molecule has 0 aromatic heterocycles. The maximum Gasteiger partial charge on any atom is 0.246 e. The van der Waals surface area contributed by atoms with E-state index in [4.69, 9.17) is 9.47 Å². The van der Waals surface area contributed by atoms with Gasteiger partial charge in [-0.25, -0.2) is 17.2 Å². The van der Waals surface area contributed by atoms with Crippen LogP contribution in [0.3, 0.4) is 0 Å². The zero-order valence-electron chi connectivity index (χ0n) is 12.7. The van der Waals surface area contributed by atoms with E-state index in [1.807, 2.05) is 0 Å². The second-order valence-corrected chi connectivity index (χ2v) is 7.73. The van der Waals surface area contributed by atoms with Gasteiger partial charge in [0.1, 0.15) is 16.5 Å². The molecule has 22 heavy (non-hydrogen) atoms. The van der Waals surface area contributed by atoms with Gasteiger partial charge in [-0.1, -0.05) is 0 Å². The molecule has 0 aliphatic carbocycles. The van der Waals surface area contributed by atoms with Crippen molar-refractivity contribution in [2.45, 2.75) is 30.4 Å². The van der Waals surface area contributed by atoms with Crippen molar-refractivity contribution < 1.29 is 26.7 Å². The number of benzene rings is 1.